The van der Waals surface area contributed by atoms with Crippen LogP contribution < -0.4 is 4.74 Å². The van der Waals surface area contributed by atoms with Crippen molar-refractivity contribution in [2.75, 3.05) is 0 Å². The third-order valence-corrected chi connectivity index (χ3v) is 7.83. The first kappa shape index (κ1) is 31.5. The molecule has 1 heteroatoms. The van der Waals surface area contributed by atoms with Gasteiger partial charge in [-0.3, -0.25) is 0 Å². The average molecular weight is 507 g/mol. The Kier molecular flexibility index (Phi) is 17.2. The Morgan fingerprint density at radius 3 is 1.43 bits per heavy atom. The molecule has 2 aromatic carbocycles. The Hall–Kier alpha value is -1.76. The lowest BCUT2D eigenvalue weighted by molar-refractivity contribution is 0.470. The summed E-state index contributed by atoms with van der Waals surface area (Å²) in [6, 6.07) is 13.0. The minimum atomic E-state index is 0.974. The quantitative estimate of drug-likeness (QED) is 0.144. The summed E-state index contributed by atoms with van der Waals surface area (Å²) < 4.78 is 6.70. The van der Waals surface area contributed by atoms with Gasteiger partial charge >= 0.3 is 0 Å². The number of benzene rings is 2. The van der Waals surface area contributed by atoms with Crippen molar-refractivity contribution in [2.24, 2.45) is 0 Å². The smallest absolute Gasteiger partial charge is 0.131 e. The van der Waals surface area contributed by atoms with Crippen LogP contribution in [0.4, 0.5) is 0 Å². The Balaban J connectivity index is 2.49. The van der Waals surface area contributed by atoms with Gasteiger partial charge in [0.25, 0.3) is 0 Å². The molecule has 208 valence electrons. The second-order valence-electron chi connectivity index (χ2n) is 11.1. The predicted octanol–water partition coefficient (Wildman–Crippen LogP) is 12.0. The van der Waals surface area contributed by atoms with Crippen molar-refractivity contribution >= 4 is 0 Å². The molecule has 0 aliphatic carbocycles. The fourth-order valence-electron chi connectivity index (χ4n) is 5.60. The molecule has 0 amide bonds. The zero-order valence-electron chi connectivity index (χ0n) is 25.0. The summed E-state index contributed by atoms with van der Waals surface area (Å²) in [7, 11) is 0. The molecule has 0 heterocycles. The van der Waals surface area contributed by atoms with Crippen molar-refractivity contribution in [1.29, 1.82) is 0 Å². The maximum absolute atomic E-state index is 6.70. The van der Waals surface area contributed by atoms with E-state index in [4.69, 9.17) is 4.74 Å². The van der Waals surface area contributed by atoms with E-state index in [1.807, 2.05) is 0 Å². The summed E-state index contributed by atoms with van der Waals surface area (Å²) in [5.41, 5.74) is 6.48. The third kappa shape index (κ3) is 12.1. The van der Waals surface area contributed by atoms with Crippen molar-refractivity contribution in [2.45, 2.75) is 156 Å². The van der Waals surface area contributed by atoms with Gasteiger partial charge in [-0.25, -0.2) is 0 Å². The Morgan fingerprint density at radius 2 is 0.919 bits per heavy atom. The summed E-state index contributed by atoms with van der Waals surface area (Å²) in [6.45, 7) is 9.26. The van der Waals surface area contributed by atoms with Crippen LogP contribution in [0.1, 0.15) is 153 Å². The Bertz CT molecular complexity index is 822. The monoisotopic (exact) mass is 506 g/mol. The summed E-state index contributed by atoms with van der Waals surface area (Å²) in [6.07, 6.45) is 26.0. The number of para-hydroxylation sites is 1. The molecule has 2 aromatic rings. The molecule has 0 fully saturated rings. The van der Waals surface area contributed by atoms with E-state index in [1.54, 1.807) is 16.7 Å². The molecule has 0 atom stereocenters. The molecule has 0 spiro atoms. The minimum Gasteiger partial charge on any atom is -0.457 e. The van der Waals surface area contributed by atoms with Crippen LogP contribution in [0.15, 0.2) is 36.4 Å². The number of hydrogen-bond donors (Lipinski definition) is 0. The standard InChI is InChI=1S/C36H58O/c1-5-9-13-18-24-31-30-36(37-32-25-19-17-20-26-32)35(29-23-16-12-8-4)34(28-22-15-11-7-3)33(31)27-21-14-10-6-2/h17,19-20,25-26,30H,5-16,18,21-24,27-29H2,1-4H3. The summed E-state index contributed by atoms with van der Waals surface area (Å²) in [5.74, 6) is 2.12. The predicted molar refractivity (Wildman–Crippen MR) is 164 cm³/mol. The first-order valence-electron chi connectivity index (χ1n) is 16.1. The molecule has 0 saturated carbocycles. The number of ether oxygens (including phenoxy) is 1. The molecule has 2 rings (SSSR count). The van der Waals surface area contributed by atoms with Crippen LogP contribution in [0.2, 0.25) is 0 Å². The second-order valence-corrected chi connectivity index (χ2v) is 11.1. The van der Waals surface area contributed by atoms with Crippen LogP contribution in [-0.4, -0.2) is 0 Å². The molecule has 0 radical (unpaired) electrons. The maximum atomic E-state index is 6.70. The van der Waals surface area contributed by atoms with Gasteiger partial charge < -0.3 is 4.74 Å². The van der Waals surface area contributed by atoms with Gasteiger partial charge in [0.05, 0.1) is 0 Å². The molecule has 0 N–H and O–H groups in total. The van der Waals surface area contributed by atoms with Crippen molar-refractivity contribution in [3.8, 4) is 11.5 Å². The summed E-state index contributed by atoms with van der Waals surface area (Å²) in [5, 5.41) is 0. The number of aryl methyl sites for hydroxylation is 1. The molecule has 37 heavy (non-hydrogen) atoms. The lowest BCUT2D eigenvalue weighted by Crippen LogP contribution is -2.09. The molecule has 0 aliphatic heterocycles. The van der Waals surface area contributed by atoms with Crippen LogP contribution >= 0.6 is 0 Å². The third-order valence-electron chi connectivity index (χ3n) is 7.83. The van der Waals surface area contributed by atoms with Gasteiger partial charge in [0.15, 0.2) is 0 Å². The van der Waals surface area contributed by atoms with Crippen LogP contribution in [0, 0.1) is 0 Å². The number of rotatable bonds is 22. The van der Waals surface area contributed by atoms with Crippen molar-refractivity contribution in [3.63, 3.8) is 0 Å². The van der Waals surface area contributed by atoms with Crippen LogP contribution in [0.3, 0.4) is 0 Å². The van der Waals surface area contributed by atoms with E-state index in [-0.39, 0.29) is 0 Å². The number of hydrogen-bond acceptors (Lipinski definition) is 1. The summed E-state index contributed by atoms with van der Waals surface area (Å²) >= 11 is 0. The highest BCUT2D eigenvalue weighted by atomic mass is 16.5. The van der Waals surface area contributed by atoms with Crippen molar-refractivity contribution in [3.05, 3.63) is 58.7 Å². The van der Waals surface area contributed by atoms with Gasteiger partial charge in [0, 0.05) is 0 Å². The molecule has 1 nitrogen and oxygen atoms in total. The molecule has 0 aromatic heterocycles. The lowest BCUT2D eigenvalue weighted by atomic mass is 9.85. The average Bonchev–Trinajstić information content (AvgIpc) is 2.92. The van der Waals surface area contributed by atoms with Crippen molar-refractivity contribution in [1.82, 2.24) is 0 Å². The normalized spacial score (nSPS) is 11.2. The van der Waals surface area contributed by atoms with Gasteiger partial charge in [-0.1, -0.05) is 123 Å². The molecule has 0 unspecified atom stereocenters. The summed E-state index contributed by atoms with van der Waals surface area (Å²) in [4.78, 5) is 0. The Labute approximate surface area is 230 Å². The molecular weight excluding hydrogens is 448 g/mol. The Morgan fingerprint density at radius 1 is 0.459 bits per heavy atom. The molecule has 0 aliphatic rings. The molecular formula is C36H58O. The van der Waals surface area contributed by atoms with E-state index in [2.05, 4.69) is 64.1 Å². The van der Waals surface area contributed by atoms with Gasteiger partial charge in [-0.2, -0.15) is 0 Å². The van der Waals surface area contributed by atoms with Crippen molar-refractivity contribution < 1.29 is 4.74 Å². The SMILES string of the molecule is CCCCCCc1cc(Oc2ccccc2)c(CCCCCC)c(CCCCCC)c1CCCCCC. The largest absolute Gasteiger partial charge is 0.457 e. The van der Waals surface area contributed by atoms with E-state index in [1.165, 1.54) is 128 Å². The number of unbranched alkanes of at least 4 members (excludes halogenated alkanes) is 12. The van der Waals surface area contributed by atoms with E-state index >= 15 is 0 Å². The van der Waals surface area contributed by atoms with Gasteiger partial charge in [-0.15, -0.1) is 0 Å². The zero-order chi connectivity index (χ0) is 26.6. The highest BCUT2D eigenvalue weighted by Gasteiger charge is 2.19. The van der Waals surface area contributed by atoms with Crippen LogP contribution in [0.25, 0.3) is 0 Å². The van der Waals surface area contributed by atoms with Gasteiger partial charge in [-0.05, 0) is 91.8 Å². The topological polar surface area (TPSA) is 9.23 Å². The van der Waals surface area contributed by atoms with E-state index in [0.717, 1.165) is 17.9 Å². The maximum Gasteiger partial charge on any atom is 0.131 e. The minimum absolute atomic E-state index is 0.974. The highest BCUT2D eigenvalue weighted by molar-refractivity contribution is 5.52. The fraction of sp³-hybridized carbons (Fsp3) is 0.667. The first-order valence-corrected chi connectivity index (χ1v) is 16.1. The zero-order valence-corrected chi connectivity index (χ0v) is 25.0. The van der Waals surface area contributed by atoms with Crippen LogP contribution in [-0.2, 0) is 25.7 Å². The van der Waals surface area contributed by atoms with E-state index in [0.29, 0.717) is 0 Å². The van der Waals surface area contributed by atoms with E-state index in [9.17, 15) is 0 Å². The van der Waals surface area contributed by atoms with Gasteiger partial charge in [0.2, 0.25) is 0 Å². The first-order chi connectivity index (χ1) is 18.2. The molecule has 0 bridgehead atoms. The lowest BCUT2D eigenvalue weighted by Gasteiger charge is -2.23. The van der Waals surface area contributed by atoms with Crippen LogP contribution in [0.5, 0.6) is 11.5 Å². The van der Waals surface area contributed by atoms with E-state index < -0.39 is 0 Å². The fourth-order valence-corrected chi connectivity index (χ4v) is 5.60. The highest BCUT2D eigenvalue weighted by Crippen LogP contribution is 2.36. The van der Waals surface area contributed by atoms with Gasteiger partial charge in [0.1, 0.15) is 11.5 Å². The molecule has 0 saturated heterocycles. The second kappa shape index (κ2) is 20.2.